The molecule has 0 aromatic heterocycles. The van der Waals surface area contributed by atoms with Gasteiger partial charge in [0.2, 0.25) is 5.91 Å². The maximum atomic E-state index is 12.4. The SMILES string of the molecule is CN(C(=O)C1CC2CCC1C2)C(C)(C)CN. The van der Waals surface area contributed by atoms with Gasteiger partial charge in [-0.2, -0.15) is 0 Å². The van der Waals surface area contributed by atoms with Gasteiger partial charge in [-0.05, 0) is 44.9 Å². The topological polar surface area (TPSA) is 46.3 Å². The Morgan fingerprint density at radius 1 is 1.38 bits per heavy atom. The highest BCUT2D eigenvalue weighted by molar-refractivity contribution is 5.80. The van der Waals surface area contributed by atoms with Crippen LogP contribution >= 0.6 is 0 Å². The zero-order chi connectivity index (χ0) is 11.9. The predicted molar refractivity (Wildman–Crippen MR) is 64.8 cm³/mol. The number of rotatable bonds is 3. The lowest BCUT2D eigenvalue weighted by Crippen LogP contribution is -2.52. The molecule has 2 bridgehead atoms. The summed E-state index contributed by atoms with van der Waals surface area (Å²) in [7, 11) is 1.90. The number of hydrogen-bond acceptors (Lipinski definition) is 2. The van der Waals surface area contributed by atoms with Crippen molar-refractivity contribution in [2.45, 2.75) is 45.1 Å². The zero-order valence-corrected chi connectivity index (χ0v) is 10.7. The molecule has 2 N–H and O–H groups in total. The normalized spacial score (nSPS) is 33.1. The van der Waals surface area contributed by atoms with Crippen LogP contribution in [-0.2, 0) is 4.79 Å². The molecular weight excluding hydrogens is 200 g/mol. The van der Waals surface area contributed by atoms with Crippen LogP contribution in [0.2, 0.25) is 0 Å². The van der Waals surface area contributed by atoms with Crippen molar-refractivity contribution in [1.29, 1.82) is 0 Å². The van der Waals surface area contributed by atoms with Gasteiger partial charge in [-0.1, -0.05) is 6.42 Å². The Labute approximate surface area is 98.4 Å². The predicted octanol–water partition coefficient (Wildman–Crippen LogP) is 1.62. The van der Waals surface area contributed by atoms with E-state index in [0.717, 1.165) is 12.3 Å². The van der Waals surface area contributed by atoms with Gasteiger partial charge in [-0.15, -0.1) is 0 Å². The molecule has 3 nitrogen and oxygen atoms in total. The van der Waals surface area contributed by atoms with Gasteiger partial charge in [-0.3, -0.25) is 4.79 Å². The third-order valence-corrected chi connectivity index (χ3v) is 4.79. The van der Waals surface area contributed by atoms with E-state index in [1.54, 1.807) is 0 Å². The van der Waals surface area contributed by atoms with E-state index in [2.05, 4.69) is 0 Å². The Bertz CT molecular complexity index is 284. The molecule has 0 heterocycles. The third-order valence-electron chi connectivity index (χ3n) is 4.79. The molecule has 92 valence electrons. The number of nitrogens with two attached hydrogens (primary N) is 1. The van der Waals surface area contributed by atoms with Crippen LogP contribution < -0.4 is 5.73 Å². The molecule has 2 fully saturated rings. The molecule has 0 aromatic carbocycles. The average Bonchev–Trinajstić information content (AvgIpc) is 2.88. The second-order valence-corrected chi connectivity index (χ2v) is 6.20. The number of hydrogen-bond donors (Lipinski definition) is 1. The summed E-state index contributed by atoms with van der Waals surface area (Å²) in [4.78, 5) is 14.3. The maximum Gasteiger partial charge on any atom is 0.226 e. The summed E-state index contributed by atoms with van der Waals surface area (Å²) in [5, 5.41) is 0. The average molecular weight is 224 g/mol. The van der Waals surface area contributed by atoms with Gasteiger partial charge >= 0.3 is 0 Å². The van der Waals surface area contributed by atoms with Crippen LogP contribution in [0.3, 0.4) is 0 Å². The summed E-state index contributed by atoms with van der Waals surface area (Å²) in [6.07, 6.45) is 5.01. The van der Waals surface area contributed by atoms with Crippen LogP contribution in [0.1, 0.15) is 39.5 Å². The molecule has 16 heavy (non-hydrogen) atoms. The van der Waals surface area contributed by atoms with Crippen LogP contribution in [0, 0.1) is 17.8 Å². The Hall–Kier alpha value is -0.570. The fraction of sp³-hybridized carbons (Fsp3) is 0.923. The highest BCUT2D eigenvalue weighted by Crippen LogP contribution is 2.49. The summed E-state index contributed by atoms with van der Waals surface area (Å²) in [5.74, 6) is 2.10. The summed E-state index contributed by atoms with van der Waals surface area (Å²) in [6.45, 7) is 4.60. The molecule has 2 rings (SSSR count). The van der Waals surface area contributed by atoms with E-state index in [4.69, 9.17) is 5.73 Å². The molecule has 0 aliphatic heterocycles. The number of likely N-dealkylation sites (N-methyl/N-ethyl adjacent to an activating group) is 1. The molecule has 2 aliphatic carbocycles. The highest BCUT2D eigenvalue weighted by Gasteiger charge is 2.45. The van der Waals surface area contributed by atoms with Crippen molar-refractivity contribution in [2.75, 3.05) is 13.6 Å². The molecule has 2 saturated carbocycles. The van der Waals surface area contributed by atoms with E-state index in [1.165, 1.54) is 19.3 Å². The lowest BCUT2D eigenvalue weighted by atomic mass is 9.86. The van der Waals surface area contributed by atoms with E-state index in [0.29, 0.717) is 18.4 Å². The van der Waals surface area contributed by atoms with Gasteiger partial charge in [0, 0.05) is 25.0 Å². The van der Waals surface area contributed by atoms with Crippen molar-refractivity contribution in [3.8, 4) is 0 Å². The largest absolute Gasteiger partial charge is 0.339 e. The van der Waals surface area contributed by atoms with Crippen LogP contribution in [0.15, 0.2) is 0 Å². The van der Waals surface area contributed by atoms with Crippen molar-refractivity contribution in [2.24, 2.45) is 23.5 Å². The first-order chi connectivity index (χ1) is 7.45. The minimum atomic E-state index is -0.209. The van der Waals surface area contributed by atoms with E-state index in [-0.39, 0.29) is 11.5 Å². The van der Waals surface area contributed by atoms with Gasteiger partial charge in [-0.25, -0.2) is 0 Å². The Morgan fingerprint density at radius 2 is 2.06 bits per heavy atom. The molecule has 3 unspecified atom stereocenters. The Balaban J connectivity index is 2.03. The Morgan fingerprint density at radius 3 is 2.50 bits per heavy atom. The first kappa shape index (κ1) is 11.9. The highest BCUT2D eigenvalue weighted by atomic mass is 16.2. The lowest BCUT2D eigenvalue weighted by molar-refractivity contribution is -0.140. The van der Waals surface area contributed by atoms with Gasteiger partial charge in [0.05, 0.1) is 0 Å². The summed E-state index contributed by atoms with van der Waals surface area (Å²) < 4.78 is 0. The molecular formula is C13H24N2O. The standard InChI is InChI=1S/C13H24N2O/c1-13(2,8-14)15(3)12(16)11-7-9-4-5-10(11)6-9/h9-11H,4-8,14H2,1-3H3. The van der Waals surface area contributed by atoms with Crippen molar-refractivity contribution >= 4 is 5.91 Å². The number of nitrogens with zero attached hydrogens (tertiary/aromatic N) is 1. The summed E-state index contributed by atoms with van der Waals surface area (Å²) >= 11 is 0. The van der Waals surface area contributed by atoms with E-state index in [1.807, 2.05) is 25.8 Å². The minimum absolute atomic E-state index is 0.209. The lowest BCUT2D eigenvalue weighted by Gasteiger charge is -2.37. The number of carbonyl (C=O) groups is 1. The summed E-state index contributed by atoms with van der Waals surface area (Å²) in [6, 6.07) is 0. The molecule has 2 aliphatic rings. The van der Waals surface area contributed by atoms with Crippen molar-refractivity contribution < 1.29 is 4.79 Å². The molecule has 3 atom stereocenters. The van der Waals surface area contributed by atoms with Gasteiger partial charge in [0.15, 0.2) is 0 Å². The second-order valence-electron chi connectivity index (χ2n) is 6.20. The van der Waals surface area contributed by atoms with Crippen LogP contribution in [-0.4, -0.2) is 29.9 Å². The first-order valence-corrected chi connectivity index (χ1v) is 6.43. The molecule has 0 radical (unpaired) electrons. The number of fused-ring (bicyclic) bond motifs is 2. The first-order valence-electron chi connectivity index (χ1n) is 6.43. The zero-order valence-electron chi connectivity index (χ0n) is 10.7. The Kier molecular flexibility index (Phi) is 2.99. The third kappa shape index (κ3) is 1.86. The molecule has 3 heteroatoms. The van der Waals surface area contributed by atoms with Crippen molar-refractivity contribution in [1.82, 2.24) is 4.90 Å². The van der Waals surface area contributed by atoms with Gasteiger partial charge < -0.3 is 10.6 Å². The smallest absolute Gasteiger partial charge is 0.226 e. The molecule has 0 saturated heterocycles. The van der Waals surface area contributed by atoms with Crippen LogP contribution in [0.25, 0.3) is 0 Å². The van der Waals surface area contributed by atoms with Crippen molar-refractivity contribution in [3.05, 3.63) is 0 Å². The molecule has 0 aromatic rings. The van der Waals surface area contributed by atoms with E-state index < -0.39 is 0 Å². The van der Waals surface area contributed by atoms with Gasteiger partial charge in [0.25, 0.3) is 0 Å². The quantitative estimate of drug-likeness (QED) is 0.792. The van der Waals surface area contributed by atoms with E-state index >= 15 is 0 Å². The second kappa shape index (κ2) is 4.02. The molecule has 0 spiro atoms. The monoisotopic (exact) mass is 224 g/mol. The number of amides is 1. The maximum absolute atomic E-state index is 12.4. The van der Waals surface area contributed by atoms with Crippen LogP contribution in [0.4, 0.5) is 0 Å². The van der Waals surface area contributed by atoms with Gasteiger partial charge in [0.1, 0.15) is 0 Å². The minimum Gasteiger partial charge on any atom is -0.339 e. The van der Waals surface area contributed by atoms with E-state index in [9.17, 15) is 4.79 Å². The van der Waals surface area contributed by atoms with Crippen molar-refractivity contribution in [3.63, 3.8) is 0 Å². The number of carbonyl (C=O) groups excluding carboxylic acids is 1. The molecule has 1 amide bonds. The fourth-order valence-electron chi connectivity index (χ4n) is 3.23. The summed E-state index contributed by atoms with van der Waals surface area (Å²) in [5.41, 5.74) is 5.52. The van der Waals surface area contributed by atoms with Crippen LogP contribution in [0.5, 0.6) is 0 Å². The fourth-order valence-corrected chi connectivity index (χ4v) is 3.23.